The molecule has 1 heterocycles. The van der Waals surface area contributed by atoms with Crippen LogP contribution in [0.4, 0.5) is 0 Å². The molecule has 2 aromatic carbocycles. The van der Waals surface area contributed by atoms with Crippen LogP contribution in [0.1, 0.15) is 62.1 Å². The van der Waals surface area contributed by atoms with Crippen molar-refractivity contribution in [3.05, 3.63) is 65.7 Å². The highest BCUT2D eigenvalue weighted by Crippen LogP contribution is 2.34. The summed E-state index contributed by atoms with van der Waals surface area (Å²) < 4.78 is 5.26. The van der Waals surface area contributed by atoms with Gasteiger partial charge < -0.3 is 10.1 Å². The number of benzene rings is 2. The fourth-order valence-electron chi connectivity index (χ4n) is 4.34. The lowest BCUT2D eigenvalue weighted by Gasteiger charge is -2.22. The van der Waals surface area contributed by atoms with Crippen LogP contribution < -0.4 is 10.1 Å². The topological polar surface area (TPSA) is 71.0 Å². The second-order valence-electron chi connectivity index (χ2n) is 8.19. The van der Waals surface area contributed by atoms with Gasteiger partial charge in [0.05, 0.1) is 18.9 Å². The van der Waals surface area contributed by atoms with Crippen LogP contribution in [0, 0.1) is 0 Å². The number of rotatable bonds is 7. The molecule has 1 unspecified atom stereocenters. The summed E-state index contributed by atoms with van der Waals surface area (Å²) in [6, 6.07) is 17.7. The van der Waals surface area contributed by atoms with Gasteiger partial charge in [-0.1, -0.05) is 55.3 Å². The molecule has 0 spiro atoms. The fourth-order valence-corrected chi connectivity index (χ4v) is 4.34. The van der Waals surface area contributed by atoms with E-state index >= 15 is 0 Å². The van der Waals surface area contributed by atoms with E-state index in [0.29, 0.717) is 6.42 Å². The van der Waals surface area contributed by atoms with Gasteiger partial charge in [0.15, 0.2) is 0 Å². The van der Waals surface area contributed by atoms with Gasteiger partial charge in [0.2, 0.25) is 11.8 Å². The Bertz CT molecular complexity index is 934. The predicted octanol–water partition coefficient (Wildman–Crippen LogP) is 4.21. The molecule has 162 valence electrons. The van der Waals surface area contributed by atoms with Crippen molar-refractivity contribution >= 4 is 17.5 Å². The van der Waals surface area contributed by atoms with Crippen molar-refractivity contribution < 1.29 is 14.3 Å². The minimum Gasteiger partial charge on any atom is -0.497 e. The van der Waals surface area contributed by atoms with E-state index in [1.165, 1.54) is 0 Å². The molecule has 6 nitrogen and oxygen atoms in total. The number of nitrogens with zero attached hydrogens (tertiary/aromatic N) is 2. The Morgan fingerprint density at radius 3 is 2.42 bits per heavy atom. The average Bonchev–Trinajstić information content (AvgIpc) is 3.48. The summed E-state index contributed by atoms with van der Waals surface area (Å²) in [6.45, 7) is 0. The first-order chi connectivity index (χ1) is 15.1. The van der Waals surface area contributed by atoms with Crippen LogP contribution in [-0.4, -0.2) is 35.7 Å². The number of carbonyl (C=O) groups excluding carboxylic acids is 2. The summed E-state index contributed by atoms with van der Waals surface area (Å²) in [5.41, 5.74) is 2.89. The Kier molecular flexibility index (Phi) is 6.65. The minimum absolute atomic E-state index is 0.0484. The number of carbonyl (C=O) groups is 2. The maximum Gasteiger partial charge on any atom is 0.243 e. The van der Waals surface area contributed by atoms with Gasteiger partial charge in [-0.3, -0.25) is 9.59 Å². The van der Waals surface area contributed by atoms with E-state index in [2.05, 4.69) is 10.4 Å². The van der Waals surface area contributed by atoms with E-state index in [1.807, 2.05) is 54.6 Å². The largest absolute Gasteiger partial charge is 0.497 e. The number of hydrogen-bond donors (Lipinski definition) is 1. The zero-order chi connectivity index (χ0) is 21.6. The molecule has 4 rings (SSSR count). The normalized spacial score (nSPS) is 18.7. The minimum atomic E-state index is -0.188. The molecule has 2 amide bonds. The van der Waals surface area contributed by atoms with Crippen LogP contribution in [0.3, 0.4) is 0 Å². The molecule has 0 aromatic heterocycles. The van der Waals surface area contributed by atoms with Crippen LogP contribution in [-0.2, 0) is 9.59 Å². The van der Waals surface area contributed by atoms with Crippen LogP contribution in [0.2, 0.25) is 0 Å². The second kappa shape index (κ2) is 9.77. The van der Waals surface area contributed by atoms with E-state index in [9.17, 15) is 9.59 Å². The first-order valence-electron chi connectivity index (χ1n) is 11.0. The van der Waals surface area contributed by atoms with Crippen LogP contribution >= 0.6 is 0 Å². The highest BCUT2D eigenvalue weighted by atomic mass is 16.5. The molecule has 6 heteroatoms. The second-order valence-corrected chi connectivity index (χ2v) is 8.19. The third kappa shape index (κ3) is 5.13. The molecule has 1 aliphatic heterocycles. The Morgan fingerprint density at radius 2 is 1.74 bits per heavy atom. The molecule has 0 bridgehead atoms. The third-order valence-corrected chi connectivity index (χ3v) is 6.06. The van der Waals surface area contributed by atoms with Crippen molar-refractivity contribution in [2.24, 2.45) is 5.10 Å². The molecule has 1 N–H and O–H groups in total. The molecule has 0 radical (unpaired) electrons. The molecule has 2 aromatic rings. The molecule has 0 saturated heterocycles. The van der Waals surface area contributed by atoms with Gasteiger partial charge in [-0.05, 0) is 36.1 Å². The van der Waals surface area contributed by atoms with Crippen molar-refractivity contribution in [1.82, 2.24) is 10.3 Å². The van der Waals surface area contributed by atoms with E-state index in [0.717, 1.165) is 48.3 Å². The summed E-state index contributed by atoms with van der Waals surface area (Å²) in [7, 11) is 1.63. The van der Waals surface area contributed by atoms with Gasteiger partial charge in [0.1, 0.15) is 5.75 Å². The molecule has 31 heavy (non-hydrogen) atoms. The van der Waals surface area contributed by atoms with Gasteiger partial charge >= 0.3 is 0 Å². The molecular weight excluding hydrogens is 390 g/mol. The average molecular weight is 420 g/mol. The maximum absolute atomic E-state index is 13.1. The smallest absolute Gasteiger partial charge is 0.243 e. The highest BCUT2D eigenvalue weighted by Gasteiger charge is 2.33. The molecule has 2 aliphatic rings. The van der Waals surface area contributed by atoms with Gasteiger partial charge in [-0.25, -0.2) is 5.01 Å². The SMILES string of the molecule is COc1ccc(C2CC(c3ccccc3)=NN2C(=O)CCC(=O)NC2CCCC2)cc1. The Morgan fingerprint density at radius 1 is 1.03 bits per heavy atom. The van der Waals surface area contributed by atoms with E-state index < -0.39 is 0 Å². The number of amides is 2. The van der Waals surface area contributed by atoms with Crippen LogP contribution in [0.15, 0.2) is 59.7 Å². The zero-order valence-electron chi connectivity index (χ0n) is 17.9. The predicted molar refractivity (Wildman–Crippen MR) is 120 cm³/mol. The monoisotopic (exact) mass is 419 g/mol. The summed E-state index contributed by atoms with van der Waals surface area (Å²) in [4.78, 5) is 25.4. The fraction of sp³-hybridized carbons (Fsp3) is 0.400. The lowest BCUT2D eigenvalue weighted by Crippen LogP contribution is -2.34. The van der Waals surface area contributed by atoms with Crippen molar-refractivity contribution in [3.8, 4) is 5.75 Å². The van der Waals surface area contributed by atoms with Gasteiger partial charge in [0, 0.05) is 25.3 Å². The molecule has 1 atom stereocenters. The van der Waals surface area contributed by atoms with Crippen molar-refractivity contribution in [1.29, 1.82) is 0 Å². The van der Waals surface area contributed by atoms with Gasteiger partial charge in [-0.15, -0.1) is 0 Å². The lowest BCUT2D eigenvalue weighted by molar-refractivity contribution is -0.135. The molecule has 1 fully saturated rings. The molecule has 1 aliphatic carbocycles. The first-order valence-corrected chi connectivity index (χ1v) is 11.0. The summed E-state index contributed by atoms with van der Waals surface area (Å²) in [6.07, 6.45) is 5.38. The van der Waals surface area contributed by atoms with E-state index in [4.69, 9.17) is 4.74 Å². The maximum atomic E-state index is 13.1. The van der Waals surface area contributed by atoms with Crippen molar-refractivity contribution in [3.63, 3.8) is 0 Å². The standard InChI is InChI=1S/C25H29N3O3/c1-31-21-13-11-19(12-14-21)23-17-22(18-7-3-2-4-8-18)27-28(23)25(30)16-15-24(29)26-20-9-5-6-10-20/h2-4,7-8,11-14,20,23H,5-6,9-10,15-17H2,1H3,(H,26,29). The van der Waals surface area contributed by atoms with Crippen LogP contribution in [0.5, 0.6) is 5.75 Å². The summed E-state index contributed by atoms with van der Waals surface area (Å²) in [5.74, 6) is 0.591. The van der Waals surface area contributed by atoms with Crippen molar-refractivity contribution in [2.45, 2.75) is 57.0 Å². The Labute approximate surface area is 183 Å². The summed E-state index contributed by atoms with van der Waals surface area (Å²) >= 11 is 0. The quantitative estimate of drug-likeness (QED) is 0.731. The first kappa shape index (κ1) is 21.1. The zero-order valence-corrected chi connectivity index (χ0v) is 17.9. The lowest BCUT2D eigenvalue weighted by atomic mass is 9.98. The van der Waals surface area contributed by atoms with Gasteiger partial charge in [0.25, 0.3) is 0 Å². The Hall–Kier alpha value is -3.15. The van der Waals surface area contributed by atoms with Gasteiger partial charge in [-0.2, -0.15) is 5.10 Å². The summed E-state index contributed by atoms with van der Waals surface area (Å²) in [5, 5.41) is 9.30. The number of hydrogen-bond acceptors (Lipinski definition) is 4. The number of nitrogens with one attached hydrogen (secondary N) is 1. The molecular formula is C25H29N3O3. The Balaban J connectivity index is 1.47. The molecule has 1 saturated carbocycles. The number of hydrazone groups is 1. The number of ether oxygens (including phenoxy) is 1. The van der Waals surface area contributed by atoms with Crippen LogP contribution in [0.25, 0.3) is 0 Å². The van der Waals surface area contributed by atoms with E-state index in [1.54, 1.807) is 12.1 Å². The number of methoxy groups -OCH3 is 1. The van der Waals surface area contributed by atoms with Crippen molar-refractivity contribution in [2.75, 3.05) is 7.11 Å². The van der Waals surface area contributed by atoms with E-state index in [-0.39, 0.29) is 36.7 Å². The third-order valence-electron chi connectivity index (χ3n) is 6.06. The highest BCUT2D eigenvalue weighted by molar-refractivity contribution is 6.03.